The van der Waals surface area contributed by atoms with Gasteiger partial charge in [-0.15, -0.1) is 6.58 Å². The highest BCUT2D eigenvalue weighted by molar-refractivity contribution is 5.26. The molecule has 4 rings (SSSR count). The van der Waals surface area contributed by atoms with Gasteiger partial charge in [0, 0.05) is 0 Å². The minimum atomic E-state index is -0.544. The van der Waals surface area contributed by atoms with E-state index in [1.807, 2.05) is 6.08 Å². The van der Waals surface area contributed by atoms with Gasteiger partial charge < -0.3 is 10.2 Å². The predicted molar refractivity (Wildman–Crippen MR) is 97.5 cm³/mol. The van der Waals surface area contributed by atoms with E-state index >= 15 is 0 Å². The van der Waals surface area contributed by atoms with Crippen LogP contribution in [0.4, 0.5) is 0 Å². The topological polar surface area (TPSA) is 40.5 Å². The fourth-order valence-corrected chi connectivity index (χ4v) is 7.33. The first-order valence-electron chi connectivity index (χ1n) is 10.0. The average molecular weight is 331 g/mol. The van der Waals surface area contributed by atoms with Crippen molar-refractivity contribution in [3.8, 4) is 0 Å². The van der Waals surface area contributed by atoms with Gasteiger partial charge in [0.05, 0.1) is 11.7 Å². The van der Waals surface area contributed by atoms with Crippen molar-refractivity contribution in [1.29, 1.82) is 0 Å². The Morgan fingerprint density at radius 2 is 1.92 bits per heavy atom. The van der Waals surface area contributed by atoms with Gasteiger partial charge in [0.25, 0.3) is 0 Å². The zero-order valence-electron chi connectivity index (χ0n) is 15.4. The quantitative estimate of drug-likeness (QED) is 0.725. The molecule has 24 heavy (non-hydrogen) atoms. The van der Waals surface area contributed by atoms with Crippen LogP contribution in [0.15, 0.2) is 24.3 Å². The minimum Gasteiger partial charge on any atom is -0.393 e. The van der Waals surface area contributed by atoms with Crippen molar-refractivity contribution in [2.75, 3.05) is 0 Å². The maximum absolute atomic E-state index is 11.3. The maximum Gasteiger partial charge on any atom is 0.0738 e. The lowest BCUT2D eigenvalue weighted by atomic mass is 9.47. The monoisotopic (exact) mass is 330 g/mol. The van der Waals surface area contributed by atoms with Crippen LogP contribution in [0.5, 0.6) is 0 Å². The molecule has 0 radical (unpaired) electrons. The predicted octanol–water partition coefficient (Wildman–Crippen LogP) is 4.62. The van der Waals surface area contributed by atoms with Crippen molar-refractivity contribution in [3.63, 3.8) is 0 Å². The molecule has 134 valence electrons. The largest absolute Gasteiger partial charge is 0.393 e. The lowest BCUT2D eigenvalue weighted by Crippen LogP contribution is -2.54. The number of aliphatic hydroxyl groups excluding tert-OH is 1. The highest BCUT2D eigenvalue weighted by Crippen LogP contribution is 2.67. The summed E-state index contributed by atoms with van der Waals surface area (Å²) >= 11 is 0. The van der Waals surface area contributed by atoms with Gasteiger partial charge in [-0.3, -0.25) is 0 Å². The average Bonchev–Trinajstić information content (AvgIpc) is 2.80. The molecule has 0 saturated heterocycles. The van der Waals surface area contributed by atoms with Crippen LogP contribution in [-0.4, -0.2) is 21.9 Å². The Balaban J connectivity index is 1.66. The van der Waals surface area contributed by atoms with E-state index in [0.717, 1.165) is 50.9 Å². The minimum absolute atomic E-state index is 0.0538. The standard InChI is InChI=1S/C22H34O2/c1-4-10-22(24)13-9-19-17-6-5-15-14-16(23)7-11-20(15,2)18(17)8-12-21(19,22)3/h4-5,16-19,23-24H,1,6-14H2,2-3H3/t16-,17+,18-,19+,20-,21+,22-/m0/s1. The first-order chi connectivity index (χ1) is 11.3. The number of rotatable bonds is 2. The van der Waals surface area contributed by atoms with Crippen LogP contribution in [-0.2, 0) is 0 Å². The summed E-state index contributed by atoms with van der Waals surface area (Å²) in [7, 11) is 0. The molecule has 0 bridgehead atoms. The summed E-state index contributed by atoms with van der Waals surface area (Å²) in [6.45, 7) is 8.72. The molecule has 2 heteroatoms. The smallest absolute Gasteiger partial charge is 0.0738 e. The zero-order chi connectivity index (χ0) is 17.2. The number of hydrogen-bond acceptors (Lipinski definition) is 2. The fraction of sp³-hybridized carbons (Fsp3) is 0.818. The summed E-state index contributed by atoms with van der Waals surface area (Å²) < 4.78 is 0. The van der Waals surface area contributed by atoms with E-state index in [1.165, 1.54) is 18.4 Å². The fourth-order valence-electron chi connectivity index (χ4n) is 7.33. The molecule has 0 aromatic heterocycles. The van der Waals surface area contributed by atoms with E-state index in [1.54, 1.807) is 0 Å². The van der Waals surface area contributed by atoms with Crippen molar-refractivity contribution in [2.24, 2.45) is 28.6 Å². The zero-order valence-corrected chi connectivity index (χ0v) is 15.4. The van der Waals surface area contributed by atoms with E-state index < -0.39 is 5.60 Å². The molecule has 3 saturated carbocycles. The van der Waals surface area contributed by atoms with E-state index in [-0.39, 0.29) is 11.5 Å². The molecule has 3 fully saturated rings. The Morgan fingerprint density at radius 1 is 1.17 bits per heavy atom. The second-order valence-electron chi connectivity index (χ2n) is 9.68. The summed E-state index contributed by atoms with van der Waals surface area (Å²) in [5.41, 5.74) is 1.34. The lowest BCUT2D eigenvalue weighted by Gasteiger charge is -2.59. The Morgan fingerprint density at radius 3 is 2.67 bits per heavy atom. The van der Waals surface area contributed by atoms with Crippen LogP contribution in [0.1, 0.15) is 71.6 Å². The lowest BCUT2D eigenvalue weighted by molar-refractivity contribution is -0.122. The molecule has 7 atom stereocenters. The molecule has 0 aliphatic heterocycles. The first kappa shape index (κ1) is 16.8. The van der Waals surface area contributed by atoms with Crippen molar-refractivity contribution < 1.29 is 10.2 Å². The van der Waals surface area contributed by atoms with Crippen LogP contribution < -0.4 is 0 Å². The van der Waals surface area contributed by atoms with E-state index in [0.29, 0.717) is 17.3 Å². The number of aliphatic hydroxyl groups is 2. The van der Waals surface area contributed by atoms with Gasteiger partial charge in [-0.2, -0.15) is 0 Å². The SMILES string of the molecule is C=CC[C@]1(O)CC[C@@H]2[C@@H]3CC=C4C[C@@H](O)CC[C@]4(C)[C@H]3CC[C@]21C. The van der Waals surface area contributed by atoms with Gasteiger partial charge in [0.15, 0.2) is 0 Å². The molecular weight excluding hydrogens is 296 g/mol. The molecule has 0 amide bonds. The third-order valence-corrected chi connectivity index (χ3v) is 8.88. The number of allylic oxidation sites excluding steroid dienone is 1. The molecule has 0 aromatic carbocycles. The van der Waals surface area contributed by atoms with E-state index in [2.05, 4.69) is 26.5 Å². The highest BCUT2D eigenvalue weighted by Gasteiger charge is 2.63. The summed E-state index contributed by atoms with van der Waals surface area (Å²) in [4.78, 5) is 0. The van der Waals surface area contributed by atoms with Gasteiger partial charge in [-0.25, -0.2) is 0 Å². The molecule has 0 heterocycles. The highest BCUT2D eigenvalue weighted by atomic mass is 16.3. The van der Waals surface area contributed by atoms with Crippen molar-refractivity contribution in [1.82, 2.24) is 0 Å². The van der Waals surface area contributed by atoms with Crippen LogP contribution in [0.2, 0.25) is 0 Å². The molecule has 0 unspecified atom stereocenters. The summed E-state index contributed by atoms with van der Waals surface area (Å²) in [6.07, 6.45) is 13.6. The Labute approximate surface area is 147 Å². The second-order valence-corrected chi connectivity index (χ2v) is 9.68. The molecule has 2 nitrogen and oxygen atoms in total. The van der Waals surface area contributed by atoms with Crippen molar-refractivity contribution in [2.45, 2.75) is 83.3 Å². The van der Waals surface area contributed by atoms with Gasteiger partial charge >= 0.3 is 0 Å². The van der Waals surface area contributed by atoms with Gasteiger partial charge in [-0.05, 0) is 86.4 Å². The van der Waals surface area contributed by atoms with E-state index in [9.17, 15) is 10.2 Å². The Hall–Kier alpha value is -0.600. The van der Waals surface area contributed by atoms with Crippen LogP contribution in [0, 0.1) is 28.6 Å². The Bertz CT molecular complexity index is 566. The number of fused-ring (bicyclic) bond motifs is 5. The summed E-state index contributed by atoms with van der Waals surface area (Å²) in [5.74, 6) is 2.10. The molecule has 2 N–H and O–H groups in total. The molecule has 4 aliphatic rings. The van der Waals surface area contributed by atoms with Gasteiger partial charge in [0.1, 0.15) is 0 Å². The molecule has 0 spiro atoms. The third kappa shape index (κ3) is 2.08. The third-order valence-electron chi connectivity index (χ3n) is 8.88. The molecule has 4 aliphatic carbocycles. The van der Waals surface area contributed by atoms with E-state index in [4.69, 9.17) is 0 Å². The first-order valence-corrected chi connectivity index (χ1v) is 10.0. The summed E-state index contributed by atoms with van der Waals surface area (Å²) in [5, 5.41) is 21.4. The Kier molecular flexibility index (Phi) is 3.82. The number of hydrogen-bond donors (Lipinski definition) is 2. The molecular formula is C22H34O2. The maximum atomic E-state index is 11.3. The van der Waals surface area contributed by atoms with Gasteiger partial charge in [0.2, 0.25) is 0 Å². The summed E-state index contributed by atoms with van der Waals surface area (Å²) in [6, 6.07) is 0. The van der Waals surface area contributed by atoms with Gasteiger partial charge in [-0.1, -0.05) is 31.6 Å². The van der Waals surface area contributed by atoms with Crippen LogP contribution in [0.3, 0.4) is 0 Å². The van der Waals surface area contributed by atoms with Crippen molar-refractivity contribution >= 4 is 0 Å². The van der Waals surface area contributed by atoms with Crippen LogP contribution >= 0.6 is 0 Å². The van der Waals surface area contributed by atoms with Crippen molar-refractivity contribution in [3.05, 3.63) is 24.3 Å². The molecule has 0 aromatic rings. The normalized spacial score (nSPS) is 53.6. The van der Waals surface area contributed by atoms with Crippen LogP contribution in [0.25, 0.3) is 0 Å². The second kappa shape index (κ2) is 5.45.